The van der Waals surface area contributed by atoms with Crippen LogP contribution in [0.25, 0.3) is 0 Å². The number of hydrogen-bond donors (Lipinski definition) is 0. The zero-order valence-corrected chi connectivity index (χ0v) is 17.1. The molecule has 0 radical (unpaired) electrons. The topological polar surface area (TPSA) is 24.8 Å². The van der Waals surface area contributed by atoms with Crippen molar-refractivity contribution in [2.24, 2.45) is 5.10 Å². The number of nitrogens with zero attached hydrogens (tertiary/aromatic N) is 2. The molecule has 0 aliphatic carbocycles. The molecule has 3 nitrogen and oxygen atoms in total. The maximum Gasteiger partial charge on any atom is 0.118 e. The lowest BCUT2D eigenvalue weighted by Gasteiger charge is -2.24. The van der Waals surface area contributed by atoms with E-state index in [9.17, 15) is 0 Å². The van der Waals surface area contributed by atoms with Gasteiger partial charge in [0.05, 0.1) is 24.6 Å². The predicted octanol–water partition coefficient (Wildman–Crippen LogP) is 6.47. The van der Waals surface area contributed by atoms with E-state index in [4.69, 9.17) is 21.4 Å². The fraction of sp³-hybridized carbons (Fsp3) is 0.136. The first kappa shape index (κ1) is 18.1. The van der Waals surface area contributed by atoms with Crippen molar-refractivity contribution in [2.75, 3.05) is 12.1 Å². The van der Waals surface area contributed by atoms with Gasteiger partial charge in [-0.15, -0.1) is 0 Å². The molecule has 136 valence electrons. The third-order valence-electron chi connectivity index (χ3n) is 4.68. The van der Waals surface area contributed by atoms with E-state index in [-0.39, 0.29) is 6.04 Å². The van der Waals surface area contributed by atoms with Crippen LogP contribution in [0.5, 0.6) is 5.75 Å². The number of benzene rings is 3. The smallest absolute Gasteiger partial charge is 0.118 e. The standard InChI is InChI=1S/C22H18BrClN2O/c1-27-20-12-4-15(5-13-20)21-14-22(16-2-6-17(23)7-3-16)26(25-21)19-10-8-18(24)9-11-19/h2-13,22H,14H2,1H3. The third-order valence-corrected chi connectivity index (χ3v) is 5.46. The highest BCUT2D eigenvalue weighted by molar-refractivity contribution is 9.10. The Hall–Kier alpha value is -2.30. The molecule has 4 rings (SSSR count). The predicted molar refractivity (Wildman–Crippen MR) is 115 cm³/mol. The summed E-state index contributed by atoms with van der Waals surface area (Å²) in [4.78, 5) is 0. The van der Waals surface area contributed by atoms with Crippen LogP contribution in [0, 0.1) is 0 Å². The summed E-state index contributed by atoms with van der Waals surface area (Å²) in [6, 6.07) is 24.4. The van der Waals surface area contributed by atoms with Crippen LogP contribution in [0.2, 0.25) is 5.02 Å². The van der Waals surface area contributed by atoms with Crippen LogP contribution in [0.15, 0.2) is 82.4 Å². The van der Waals surface area contributed by atoms with Gasteiger partial charge in [-0.3, -0.25) is 5.01 Å². The van der Waals surface area contributed by atoms with Gasteiger partial charge in [0.1, 0.15) is 5.75 Å². The maximum atomic E-state index is 6.07. The average Bonchev–Trinajstić information content (AvgIpc) is 3.14. The minimum absolute atomic E-state index is 0.136. The second kappa shape index (κ2) is 7.75. The molecule has 0 bridgehead atoms. The van der Waals surface area contributed by atoms with E-state index < -0.39 is 0 Å². The summed E-state index contributed by atoms with van der Waals surface area (Å²) >= 11 is 9.59. The summed E-state index contributed by atoms with van der Waals surface area (Å²) in [5.74, 6) is 0.844. The van der Waals surface area contributed by atoms with E-state index in [1.165, 1.54) is 5.56 Å². The molecule has 1 heterocycles. The number of hydrazone groups is 1. The Labute approximate surface area is 172 Å². The number of methoxy groups -OCH3 is 1. The molecule has 5 heteroatoms. The highest BCUT2D eigenvalue weighted by atomic mass is 79.9. The van der Waals surface area contributed by atoms with E-state index in [2.05, 4.69) is 57.3 Å². The molecule has 0 aromatic heterocycles. The zero-order valence-electron chi connectivity index (χ0n) is 14.8. The fourth-order valence-corrected chi connectivity index (χ4v) is 3.63. The van der Waals surface area contributed by atoms with Gasteiger partial charge < -0.3 is 4.74 Å². The molecule has 0 fully saturated rings. The van der Waals surface area contributed by atoms with Crippen LogP contribution < -0.4 is 9.75 Å². The first-order valence-corrected chi connectivity index (χ1v) is 9.83. The van der Waals surface area contributed by atoms with E-state index in [1.54, 1.807) is 7.11 Å². The molecule has 1 aliphatic heterocycles. The number of anilines is 1. The van der Waals surface area contributed by atoms with Crippen LogP contribution in [0.4, 0.5) is 5.69 Å². The molecule has 0 spiro atoms. The lowest BCUT2D eigenvalue weighted by atomic mass is 9.98. The Morgan fingerprint density at radius 1 is 0.963 bits per heavy atom. The largest absolute Gasteiger partial charge is 0.497 e. The van der Waals surface area contributed by atoms with Gasteiger partial charge in [-0.2, -0.15) is 5.10 Å². The Morgan fingerprint density at radius 3 is 2.26 bits per heavy atom. The summed E-state index contributed by atoms with van der Waals surface area (Å²) < 4.78 is 6.34. The third kappa shape index (κ3) is 3.87. The number of ether oxygens (including phenoxy) is 1. The molecule has 0 saturated heterocycles. The summed E-state index contributed by atoms with van der Waals surface area (Å²) in [5, 5.41) is 7.75. The van der Waals surface area contributed by atoms with Crippen LogP contribution in [0.3, 0.4) is 0 Å². The number of rotatable bonds is 4. The normalized spacial score (nSPS) is 16.3. The van der Waals surface area contributed by atoms with Crippen molar-refractivity contribution in [3.63, 3.8) is 0 Å². The van der Waals surface area contributed by atoms with E-state index >= 15 is 0 Å². The summed E-state index contributed by atoms with van der Waals surface area (Å²) in [6.07, 6.45) is 0.830. The van der Waals surface area contributed by atoms with Crippen molar-refractivity contribution in [1.82, 2.24) is 0 Å². The van der Waals surface area contributed by atoms with E-state index in [0.29, 0.717) is 0 Å². The van der Waals surface area contributed by atoms with Crippen molar-refractivity contribution in [3.8, 4) is 5.75 Å². The zero-order chi connectivity index (χ0) is 18.8. The molecule has 1 aliphatic rings. The molecule has 3 aromatic carbocycles. The van der Waals surface area contributed by atoms with Crippen LogP contribution in [-0.2, 0) is 0 Å². The summed E-state index contributed by atoms with van der Waals surface area (Å²) in [5.41, 5.74) is 4.41. The monoisotopic (exact) mass is 440 g/mol. The Bertz CT molecular complexity index is 953. The molecule has 0 N–H and O–H groups in total. The minimum Gasteiger partial charge on any atom is -0.497 e. The van der Waals surface area contributed by atoms with Gasteiger partial charge in [-0.1, -0.05) is 39.7 Å². The van der Waals surface area contributed by atoms with Gasteiger partial charge in [0.2, 0.25) is 0 Å². The fourth-order valence-electron chi connectivity index (χ4n) is 3.24. The first-order valence-electron chi connectivity index (χ1n) is 8.66. The second-order valence-corrected chi connectivity index (χ2v) is 7.72. The number of halogens is 2. The van der Waals surface area contributed by atoms with Crippen molar-refractivity contribution in [2.45, 2.75) is 12.5 Å². The van der Waals surface area contributed by atoms with Crippen molar-refractivity contribution in [3.05, 3.63) is 93.4 Å². The SMILES string of the molecule is COc1ccc(C2=NN(c3ccc(Cl)cc3)C(c3ccc(Br)cc3)C2)cc1. The Morgan fingerprint density at radius 2 is 1.63 bits per heavy atom. The first-order chi connectivity index (χ1) is 13.1. The highest BCUT2D eigenvalue weighted by Crippen LogP contribution is 2.37. The molecular weight excluding hydrogens is 424 g/mol. The lowest BCUT2D eigenvalue weighted by molar-refractivity contribution is 0.415. The molecule has 0 saturated carbocycles. The van der Waals surface area contributed by atoms with E-state index in [1.807, 2.05) is 36.4 Å². The van der Waals surface area contributed by atoms with Gasteiger partial charge in [0.25, 0.3) is 0 Å². The molecular formula is C22H18BrClN2O. The van der Waals surface area contributed by atoms with Gasteiger partial charge >= 0.3 is 0 Å². The van der Waals surface area contributed by atoms with Gasteiger partial charge in [-0.25, -0.2) is 0 Å². The van der Waals surface area contributed by atoms with Crippen molar-refractivity contribution in [1.29, 1.82) is 0 Å². The van der Waals surface area contributed by atoms with Gasteiger partial charge in [-0.05, 0) is 71.8 Å². The average molecular weight is 442 g/mol. The second-order valence-electron chi connectivity index (χ2n) is 6.37. The van der Waals surface area contributed by atoms with Crippen LogP contribution in [-0.4, -0.2) is 12.8 Å². The molecule has 27 heavy (non-hydrogen) atoms. The van der Waals surface area contributed by atoms with Gasteiger partial charge in [0, 0.05) is 15.9 Å². The Kier molecular flexibility index (Phi) is 5.19. The lowest BCUT2D eigenvalue weighted by Crippen LogP contribution is -2.18. The quantitative estimate of drug-likeness (QED) is 0.464. The van der Waals surface area contributed by atoms with Crippen LogP contribution >= 0.6 is 27.5 Å². The molecule has 3 aromatic rings. The molecule has 1 atom stereocenters. The highest BCUT2D eigenvalue weighted by Gasteiger charge is 2.29. The van der Waals surface area contributed by atoms with E-state index in [0.717, 1.165) is 38.6 Å². The molecule has 0 amide bonds. The maximum absolute atomic E-state index is 6.07. The van der Waals surface area contributed by atoms with Gasteiger partial charge in [0.15, 0.2) is 0 Å². The minimum atomic E-state index is 0.136. The Balaban J connectivity index is 1.72. The van der Waals surface area contributed by atoms with Crippen LogP contribution in [0.1, 0.15) is 23.6 Å². The summed E-state index contributed by atoms with van der Waals surface area (Å²) in [7, 11) is 1.67. The van der Waals surface area contributed by atoms with Crippen molar-refractivity contribution >= 4 is 38.9 Å². The number of hydrogen-bond acceptors (Lipinski definition) is 3. The summed E-state index contributed by atoms with van der Waals surface area (Å²) in [6.45, 7) is 0. The van der Waals surface area contributed by atoms with Crippen molar-refractivity contribution < 1.29 is 4.74 Å². The molecule has 1 unspecified atom stereocenters.